The molecule has 7 heteroatoms. The zero-order chi connectivity index (χ0) is 14.8. The number of hydrogen-bond donors (Lipinski definition) is 1. The average Bonchev–Trinajstić information content (AvgIpc) is 3.31. The predicted molar refractivity (Wildman–Crippen MR) is 79.2 cm³/mol. The van der Waals surface area contributed by atoms with Crippen molar-refractivity contribution in [2.75, 3.05) is 5.32 Å². The predicted octanol–water partition coefficient (Wildman–Crippen LogP) is 3.60. The average molecular weight is 305 g/mol. The lowest BCUT2D eigenvalue weighted by Crippen LogP contribution is -2.15. The number of nitro groups is 1. The highest BCUT2D eigenvalue weighted by Gasteiger charge is 2.34. The Morgan fingerprint density at radius 3 is 2.86 bits per heavy atom. The zero-order valence-corrected chi connectivity index (χ0v) is 11.8. The van der Waals surface area contributed by atoms with Crippen LogP contribution in [0.1, 0.15) is 24.4 Å². The van der Waals surface area contributed by atoms with Crippen LogP contribution in [0.2, 0.25) is 5.02 Å². The number of anilines is 1. The van der Waals surface area contributed by atoms with E-state index < -0.39 is 4.92 Å². The Bertz CT molecular complexity index is 661. The van der Waals surface area contributed by atoms with E-state index in [9.17, 15) is 10.1 Å². The van der Waals surface area contributed by atoms with Crippen LogP contribution in [0.25, 0.3) is 0 Å². The SMILES string of the molecule is O=[N+]([O-])c1cc(Cl)cnc1N[C@H](c1cccnc1)C1CC1. The highest BCUT2D eigenvalue weighted by molar-refractivity contribution is 6.30. The Labute approximate surface area is 126 Å². The summed E-state index contributed by atoms with van der Waals surface area (Å²) in [5, 5.41) is 14.6. The van der Waals surface area contributed by atoms with Crippen LogP contribution in [0.15, 0.2) is 36.8 Å². The molecule has 108 valence electrons. The van der Waals surface area contributed by atoms with Crippen molar-refractivity contribution >= 4 is 23.1 Å². The second-order valence-corrected chi connectivity index (χ2v) is 5.46. The summed E-state index contributed by atoms with van der Waals surface area (Å²) in [5.74, 6) is 0.691. The molecule has 1 aliphatic carbocycles. The van der Waals surface area contributed by atoms with Gasteiger partial charge in [0.15, 0.2) is 0 Å². The molecule has 0 spiro atoms. The third kappa shape index (κ3) is 3.11. The van der Waals surface area contributed by atoms with Crippen LogP contribution in [-0.4, -0.2) is 14.9 Å². The molecule has 1 N–H and O–H groups in total. The minimum atomic E-state index is -0.478. The third-order valence-corrected chi connectivity index (χ3v) is 3.67. The first-order chi connectivity index (χ1) is 10.1. The highest BCUT2D eigenvalue weighted by atomic mass is 35.5. The summed E-state index contributed by atoms with van der Waals surface area (Å²) < 4.78 is 0. The first kappa shape index (κ1) is 13.8. The summed E-state index contributed by atoms with van der Waals surface area (Å²) >= 11 is 5.78. The van der Waals surface area contributed by atoms with E-state index in [2.05, 4.69) is 15.3 Å². The molecule has 0 amide bonds. The van der Waals surface area contributed by atoms with Gasteiger partial charge in [0, 0.05) is 24.7 Å². The molecular weight excluding hydrogens is 292 g/mol. The van der Waals surface area contributed by atoms with Crippen LogP contribution in [0.4, 0.5) is 11.5 Å². The Balaban J connectivity index is 1.92. The number of rotatable bonds is 5. The number of halogens is 1. The van der Waals surface area contributed by atoms with Crippen molar-refractivity contribution in [3.63, 3.8) is 0 Å². The van der Waals surface area contributed by atoms with Gasteiger partial charge >= 0.3 is 5.69 Å². The van der Waals surface area contributed by atoms with E-state index >= 15 is 0 Å². The van der Waals surface area contributed by atoms with E-state index in [4.69, 9.17) is 11.6 Å². The molecule has 0 unspecified atom stereocenters. The zero-order valence-electron chi connectivity index (χ0n) is 11.1. The van der Waals surface area contributed by atoms with Crippen molar-refractivity contribution in [3.05, 3.63) is 57.5 Å². The number of aromatic nitrogens is 2. The van der Waals surface area contributed by atoms with Gasteiger partial charge in [-0.25, -0.2) is 4.98 Å². The van der Waals surface area contributed by atoms with Crippen LogP contribution < -0.4 is 5.32 Å². The second-order valence-electron chi connectivity index (χ2n) is 5.02. The maximum absolute atomic E-state index is 11.1. The molecule has 2 aromatic heterocycles. The Morgan fingerprint density at radius 2 is 2.24 bits per heavy atom. The smallest absolute Gasteiger partial charge is 0.312 e. The van der Waals surface area contributed by atoms with Crippen molar-refractivity contribution in [1.29, 1.82) is 0 Å². The van der Waals surface area contributed by atoms with Gasteiger partial charge in [0.05, 0.1) is 16.0 Å². The molecule has 0 saturated heterocycles. The van der Waals surface area contributed by atoms with Crippen molar-refractivity contribution in [3.8, 4) is 0 Å². The van der Waals surface area contributed by atoms with Crippen molar-refractivity contribution in [2.24, 2.45) is 5.92 Å². The Kier molecular flexibility index (Phi) is 3.70. The van der Waals surface area contributed by atoms with Crippen molar-refractivity contribution < 1.29 is 4.92 Å². The first-order valence-electron chi connectivity index (χ1n) is 6.61. The van der Waals surface area contributed by atoms with Gasteiger partial charge in [-0.3, -0.25) is 15.1 Å². The van der Waals surface area contributed by atoms with E-state index in [0.717, 1.165) is 18.4 Å². The fraction of sp³-hybridized carbons (Fsp3) is 0.286. The van der Waals surface area contributed by atoms with Gasteiger partial charge in [0.25, 0.3) is 0 Å². The number of nitrogens with one attached hydrogen (secondary N) is 1. The van der Waals surface area contributed by atoms with E-state index in [1.54, 1.807) is 12.4 Å². The van der Waals surface area contributed by atoms with Gasteiger partial charge in [0.1, 0.15) is 0 Å². The van der Waals surface area contributed by atoms with Gasteiger partial charge in [-0.15, -0.1) is 0 Å². The number of pyridine rings is 2. The monoisotopic (exact) mass is 304 g/mol. The summed E-state index contributed by atoms with van der Waals surface area (Å²) in [6.07, 6.45) is 7.07. The quantitative estimate of drug-likeness (QED) is 0.674. The van der Waals surface area contributed by atoms with E-state index in [1.807, 2.05) is 12.1 Å². The molecule has 0 bridgehead atoms. The van der Waals surface area contributed by atoms with E-state index in [-0.39, 0.29) is 22.6 Å². The van der Waals surface area contributed by atoms with Gasteiger partial charge in [-0.05, 0) is 30.4 Å². The molecule has 0 radical (unpaired) electrons. The largest absolute Gasteiger partial charge is 0.357 e. The highest BCUT2D eigenvalue weighted by Crippen LogP contribution is 2.43. The van der Waals surface area contributed by atoms with Crippen molar-refractivity contribution in [1.82, 2.24) is 9.97 Å². The molecule has 1 fully saturated rings. The van der Waals surface area contributed by atoms with Gasteiger partial charge in [-0.1, -0.05) is 17.7 Å². The number of hydrogen-bond acceptors (Lipinski definition) is 5. The van der Waals surface area contributed by atoms with Crippen LogP contribution in [-0.2, 0) is 0 Å². The molecule has 1 aliphatic rings. The Morgan fingerprint density at radius 1 is 1.43 bits per heavy atom. The number of nitrogens with zero attached hydrogens (tertiary/aromatic N) is 3. The minimum Gasteiger partial charge on any atom is -0.357 e. The second kappa shape index (κ2) is 5.65. The molecule has 1 saturated carbocycles. The Hall–Kier alpha value is -2.21. The first-order valence-corrected chi connectivity index (χ1v) is 6.99. The minimum absolute atomic E-state index is 0.0222. The van der Waals surface area contributed by atoms with Crippen LogP contribution >= 0.6 is 11.6 Å². The van der Waals surface area contributed by atoms with Crippen molar-refractivity contribution in [2.45, 2.75) is 18.9 Å². The van der Waals surface area contributed by atoms with Crippen LogP contribution in [0.5, 0.6) is 0 Å². The fourth-order valence-corrected chi connectivity index (χ4v) is 2.44. The summed E-state index contributed by atoms with van der Waals surface area (Å²) in [4.78, 5) is 18.8. The molecule has 0 aromatic carbocycles. The molecule has 21 heavy (non-hydrogen) atoms. The van der Waals surface area contributed by atoms with Gasteiger partial charge < -0.3 is 5.32 Å². The molecule has 1 atom stereocenters. The molecule has 3 rings (SSSR count). The fourth-order valence-electron chi connectivity index (χ4n) is 2.29. The summed E-state index contributed by atoms with van der Waals surface area (Å²) in [7, 11) is 0. The lowest BCUT2D eigenvalue weighted by molar-refractivity contribution is -0.384. The molecule has 0 aliphatic heterocycles. The third-order valence-electron chi connectivity index (χ3n) is 3.46. The van der Waals surface area contributed by atoms with E-state index in [1.165, 1.54) is 12.3 Å². The summed E-state index contributed by atoms with van der Waals surface area (Å²) in [6.45, 7) is 0. The summed E-state index contributed by atoms with van der Waals surface area (Å²) in [6, 6.07) is 5.11. The maximum atomic E-state index is 11.1. The standard InChI is InChI=1S/C14H13ClN4O2/c15-11-6-12(19(20)21)14(17-8-11)18-13(9-3-4-9)10-2-1-5-16-7-10/h1-2,5-9,13H,3-4H2,(H,17,18)/t13-/m0/s1. The topological polar surface area (TPSA) is 81.0 Å². The summed E-state index contributed by atoms with van der Waals surface area (Å²) in [5.41, 5.74) is 0.892. The molecule has 6 nitrogen and oxygen atoms in total. The normalized spacial score (nSPS) is 15.5. The van der Waals surface area contributed by atoms with Crippen LogP contribution in [0.3, 0.4) is 0 Å². The molecular formula is C14H13ClN4O2. The van der Waals surface area contributed by atoms with E-state index in [0.29, 0.717) is 5.92 Å². The van der Waals surface area contributed by atoms with Gasteiger partial charge in [0.2, 0.25) is 5.82 Å². The molecule has 2 aromatic rings. The lowest BCUT2D eigenvalue weighted by Gasteiger charge is -2.18. The van der Waals surface area contributed by atoms with Gasteiger partial charge in [-0.2, -0.15) is 0 Å². The lowest BCUT2D eigenvalue weighted by atomic mass is 10.0. The van der Waals surface area contributed by atoms with Crippen LogP contribution in [0, 0.1) is 16.0 Å². The molecule has 2 heterocycles. The maximum Gasteiger partial charge on any atom is 0.312 e.